The van der Waals surface area contributed by atoms with E-state index < -0.39 is 16.5 Å². The summed E-state index contributed by atoms with van der Waals surface area (Å²) in [6.07, 6.45) is 46.0. The lowest BCUT2D eigenvalue weighted by atomic mass is 9.89. The van der Waals surface area contributed by atoms with E-state index in [1.54, 1.807) is 0 Å². The topological polar surface area (TPSA) is 108 Å². The van der Waals surface area contributed by atoms with Crippen LogP contribution in [-0.4, -0.2) is 33.3 Å². The molecule has 0 aliphatic carbocycles. The largest absolute Gasteiger partial charge is 0.399 e. The van der Waals surface area contributed by atoms with E-state index in [-0.39, 0.29) is 12.8 Å². The summed E-state index contributed by atoms with van der Waals surface area (Å²) in [5.74, 6) is 0.428. The molecule has 0 rings (SSSR count). The van der Waals surface area contributed by atoms with Gasteiger partial charge in [-0.1, -0.05) is 232 Å². The molecule has 7 heteroatoms. The van der Waals surface area contributed by atoms with Gasteiger partial charge in [0.25, 0.3) is 0 Å². The van der Waals surface area contributed by atoms with Crippen LogP contribution in [-0.2, 0) is 18.8 Å². The summed E-state index contributed by atoms with van der Waals surface area (Å²) >= 11 is 0. The maximum Gasteiger partial charge on any atom is 0.399 e. The standard InChI is InChI=1S/C41H84O5S.H3N/c1-4-6-8-10-12-14-16-18-20-22-24-26-28-30-32-34-36-40(38-41(42)39-46-47(43,44)45-3)37-35-33-31-29-27-25-23-21-19-17-15-13-11-9-7-5-2;/h40-42H,4-39H2,1-3H3;1H3. The molecule has 48 heavy (non-hydrogen) atoms. The van der Waals surface area contributed by atoms with E-state index in [0.717, 1.165) is 20.0 Å². The first-order chi connectivity index (χ1) is 22.9. The number of hydrogen-bond acceptors (Lipinski definition) is 6. The number of rotatable bonds is 40. The molecule has 292 valence electrons. The van der Waals surface area contributed by atoms with E-state index in [9.17, 15) is 13.5 Å². The van der Waals surface area contributed by atoms with E-state index in [2.05, 4.69) is 18.0 Å². The second-order valence-electron chi connectivity index (χ2n) is 14.8. The van der Waals surface area contributed by atoms with Crippen LogP contribution >= 0.6 is 0 Å². The number of aliphatic hydroxyl groups is 1. The van der Waals surface area contributed by atoms with E-state index in [1.165, 1.54) is 205 Å². The summed E-state index contributed by atoms with van der Waals surface area (Å²) in [7, 11) is -2.92. The van der Waals surface area contributed by atoms with Crippen LogP contribution in [0.4, 0.5) is 0 Å². The smallest absolute Gasteiger partial charge is 0.391 e. The maximum absolute atomic E-state index is 11.5. The lowest BCUT2D eigenvalue weighted by molar-refractivity contribution is 0.0757. The molecule has 0 aliphatic rings. The van der Waals surface area contributed by atoms with Crippen LogP contribution in [0.25, 0.3) is 0 Å². The number of hydrogen-bond donors (Lipinski definition) is 2. The quantitative estimate of drug-likeness (QED) is 0.0614. The molecule has 0 fully saturated rings. The summed E-state index contributed by atoms with van der Waals surface area (Å²) in [6.45, 7) is 4.35. The Labute approximate surface area is 302 Å². The first kappa shape index (κ1) is 49.9. The number of aliphatic hydroxyl groups excluding tert-OH is 1. The van der Waals surface area contributed by atoms with Gasteiger partial charge in [-0.25, -0.2) is 4.18 Å². The SMILES string of the molecule is CCCCCCCCCCCCCCCCCCC(CCCCCCCCCCCCCCCCCC)CC(O)COS(=O)(=O)OC.N. The average molecular weight is 706 g/mol. The van der Waals surface area contributed by atoms with Crippen LogP contribution in [0, 0.1) is 5.92 Å². The highest BCUT2D eigenvalue weighted by Crippen LogP contribution is 2.24. The fourth-order valence-electron chi connectivity index (χ4n) is 7.01. The van der Waals surface area contributed by atoms with Gasteiger partial charge in [-0.3, -0.25) is 4.18 Å². The van der Waals surface area contributed by atoms with E-state index in [0.29, 0.717) is 12.3 Å². The van der Waals surface area contributed by atoms with Crippen molar-refractivity contribution in [2.45, 2.75) is 245 Å². The fourth-order valence-corrected chi connectivity index (χ4v) is 7.43. The molecule has 0 spiro atoms. The first-order valence-electron chi connectivity index (χ1n) is 21.1. The lowest BCUT2D eigenvalue weighted by Crippen LogP contribution is -2.22. The fraction of sp³-hybridized carbons (Fsp3) is 1.00. The van der Waals surface area contributed by atoms with Gasteiger partial charge < -0.3 is 11.3 Å². The molecule has 0 aliphatic heterocycles. The van der Waals surface area contributed by atoms with Crippen molar-refractivity contribution < 1.29 is 21.9 Å². The van der Waals surface area contributed by atoms with Crippen molar-refractivity contribution in [2.75, 3.05) is 13.7 Å². The van der Waals surface area contributed by atoms with Crippen molar-refractivity contribution in [3.05, 3.63) is 0 Å². The Morgan fingerprint density at radius 3 is 0.958 bits per heavy atom. The summed E-state index contributed by atoms with van der Waals surface area (Å²) in [5.41, 5.74) is 0. The van der Waals surface area contributed by atoms with Crippen LogP contribution in [0.1, 0.15) is 239 Å². The van der Waals surface area contributed by atoms with Crippen molar-refractivity contribution >= 4 is 10.4 Å². The third-order valence-corrected chi connectivity index (χ3v) is 11.0. The molecule has 0 aromatic carbocycles. The zero-order valence-corrected chi connectivity index (χ0v) is 33.6. The van der Waals surface area contributed by atoms with Gasteiger partial charge in [0.15, 0.2) is 0 Å². The summed E-state index contributed by atoms with van der Waals surface area (Å²) in [5, 5.41) is 10.5. The van der Waals surface area contributed by atoms with Crippen LogP contribution in [0.15, 0.2) is 0 Å². The minimum Gasteiger partial charge on any atom is -0.391 e. The molecule has 0 aromatic heterocycles. The normalized spacial score (nSPS) is 12.5. The molecule has 0 amide bonds. The molecular weight excluding hydrogens is 619 g/mol. The highest BCUT2D eigenvalue weighted by atomic mass is 32.3. The van der Waals surface area contributed by atoms with Gasteiger partial charge in [0.1, 0.15) is 0 Å². The molecule has 0 heterocycles. The molecule has 0 saturated carbocycles. The van der Waals surface area contributed by atoms with Gasteiger partial charge in [-0.05, 0) is 12.3 Å². The number of unbranched alkanes of at least 4 members (excludes halogenated alkanes) is 30. The molecule has 0 radical (unpaired) electrons. The zero-order chi connectivity index (χ0) is 34.5. The second-order valence-corrected chi connectivity index (χ2v) is 16.2. The molecule has 0 saturated heterocycles. The summed E-state index contributed by atoms with van der Waals surface area (Å²) < 4.78 is 32.2. The molecule has 6 nitrogen and oxygen atoms in total. The van der Waals surface area contributed by atoms with Gasteiger partial charge in [0.05, 0.1) is 19.8 Å². The second kappa shape index (κ2) is 39.6. The van der Waals surface area contributed by atoms with Crippen molar-refractivity contribution in [3.63, 3.8) is 0 Å². The van der Waals surface area contributed by atoms with Gasteiger partial charge in [-0.15, -0.1) is 0 Å². The maximum atomic E-state index is 11.5. The molecule has 1 atom stereocenters. The van der Waals surface area contributed by atoms with Crippen molar-refractivity contribution in [2.24, 2.45) is 5.92 Å². The van der Waals surface area contributed by atoms with Crippen LogP contribution in [0.5, 0.6) is 0 Å². The Morgan fingerprint density at radius 2 is 0.708 bits per heavy atom. The first-order valence-corrected chi connectivity index (χ1v) is 22.4. The summed E-state index contributed by atoms with van der Waals surface area (Å²) in [4.78, 5) is 0. The monoisotopic (exact) mass is 706 g/mol. The van der Waals surface area contributed by atoms with E-state index in [4.69, 9.17) is 4.18 Å². The molecule has 1 unspecified atom stereocenters. The van der Waals surface area contributed by atoms with Crippen LogP contribution < -0.4 is 6.15 Å². The third kappa shape index (κ3) is 38.6. The Kier molecular flexibility index (Phi) is 41.1. The van der Waals surface area contributed by atoms with Crippen molar-refractivity contribution in [3.8, 4) is 0 Å². The third-order valence-electron chi connectivity index (χ3n) is 10.1. The van der Waals surface area contributed by atoms with Crippen LogP contribution in [0.2, 0.25) is 0 Å². The average Bonchev–Trinajstić information content (AvgIpc) is 3.06. The molecule has 0 bridgehead atoms. The van der Waals surface area contributed by atoms with Gasteiger partial charge >= 0.3 is 10.4 Å². The molecule has 4 N–H and O–H groups in total. The Morgan fingerprint density at radius 1 is 0.458 bits per heavy atom. The summed E-state index contributed by atoms with van der Waals surface area (Å²) in [6, 6.07) is 0. The van der Waals surface area contributed by atoms with E-state index in [1.807, 2.05) is 0 Å². The van der Waals surface area contributed by atoms with Crippen molar-refractivity contribution in [1.29, 1.82) is 0 Å². The molecular formula is C41H87NO5S. The van der Waals surface area contributed by atoms with Crippen molar-refractivity contribution in [1.82, 2.24) is 6.15 Å². The minimum absolute atomic E-state index is 0. The zero-order valence-electron chi connectivity index (χ0n) is 32.8. The lowest BCUT2D eigenvalue weighted by Gasteiger charge is -2.20. The Hall–Kier alpha value is -0.210. The van der Waals surface area contributed by atoms with Crippen LogP contribution in [0.3, 0.4) is 0 Å². The highest BCUT2D eigenvalue weighted by Gasteiger charge is 2.18. The van der Waals surface area contributed by atoms with Gasteiger partial charge in [-0.2, -0.15) is 8.42 Å². The van der Waals surface area contributed by atoms with Gasteiger partial charge in [0, 0.05) is 0 Å². The Balaban J connectivity index is 0. The predicted octanol–water partition coefficient (Wildman–Crippen LogP) is 13.7. The predicted molar refractivity (Wildman–Crippen MR) is 209 cm³/mol. The van der Waals surface area contributed by atoms with Gasteiger partial charge in [0.2, 0.25) is 0 Å². The van der Waals surface area contributed by atoms with E-state index >= 15 is 0 Å². The highest BCUT2D eigenvalue weighted by molar-refractivity contribution is 7.81. The Bertz CT molecular complexity index is 669. The minimum atomic E-state index is -4.00. The molecule has 0 aromatic rings.